The van der Waals surface area contributed by atoms with E-state index in [2.05, 4.69) is 18.1 Å². The third-order valence-electron chi connectivity index (χ3n) is 2.35. The first-order valence-corrected chi connectivity index (χ1v) is 5.43. The average Bonchev–Trinajstić information content (AvgIpc) is 2.83. The second-order valence-electron chi connectivity index (χ2n) is 4.09. The van der Waals surface area contributed by atoms with Crippen molar-refractivity contribution in [1.82, 2.24) is 4.90 Å². The molecule has 0 saturated heterocycles. The predicted octanol–water partition coefficient (Wildman–Crippen LogP) is 2.96. The zero-order chi connectivity index (χ0) is 11.5. The van der Waals surface area contributed by atoms with Crippen molar-refractivity contribution in [2.24, 2.45) is 0 Å². The van der Waals surface area contributed by atoms with Gasteiger partial charge in [-0.15, -0.1) is 0 Å². The maximum atomic E-state index is 5.71. The number of furan rings is 2. The molecule has 0 saturated carbocycles. The summed E-state index contributed by atoms with van der Waals surface area (Å²) in [6, 6.07) is 5.92. The van der Waals surface area contributed by atoms with E-state index in [1.165, 1.54) is 0 Å². The third kappa shape index (κ3) is 2.36. The zero-order valence-corrected chi connectivity index (χ0v) is 9.91. The third-order valence-corrected chi connectivity index (χ3v) is 2.35. The van der Waals surface area contributed by atoms with Crippen molar-refractivity contribution in [1.29, 1.82) is 0 Å². The molecule has 0 N–H and O–H groups in total. The second-order valence-corrected chi connectivity index (χ2v) is 4.09. The molecule has 2 rings (SSSR count). The molecule has 0 fully saturated rings. The highest BCUT2D eigenvalue weighted by Gasteiger charge is 2.09. The van der Waals surface area contributed by atoms with Crippen LogP contribution in [0.2, 0.25) is 0 Å². The van der Waals surface area contributed by atoms with Crippen molar-refractivity contribution < 1.29 is 8.83 Å². The molecule has 0 aliphatic heterocycles. The van der Waals surface area contributed by atoms with Gasteiger partial charge in [-0.2, -0.15) is 0 Å². The standard InChI is InChI=1S/C13H16NO2/c1-4-11-7-10(9-15-11)13-6-5-12(16-13)8-14(2)3/h5-7H,4,8H2,1-3H3. The zero-order valence-electron chi connectivity index (χ0n) is 9.91. The molecule has 2 aromatic rings. The highest BCUT2D eigenvalue weighted by atomic mass is 16.4. The minimum absolute atomic E-state index is 0.804. The van der Waals surface area contributed by atoms with Crippen LogP contribution in [0.4, 0.5) is 0 Å². The lowest BCUT2D eigenvalue weighted by Gasteiger charge is -2.05. The van der Waals surface area contributed by atoms with Gasteiger partial charge < -0.3 is 13.7 Å². The Morgan fingerprint density at radius 1 is 1.25 bits per heavy atom. The van der Waals surface area contributed by atoms with Crippen molar-refractivity contribution in [3.8, 4) is 11.3 Å². The lowest BCUT2D eigenvalue weighted by atomic mass is 10.2. The quantitative estimate of drug-likeness (QED) is 0.790. The Balaban J connectivity index is 2.17. The molecule has 3 heteroatoms. The van der Waals surface area contributed by atoms with E-state index in [0.29, 0.717) is 0 Å². The summed E-state index contributed by atoms with van der Waals surface area (Å²) in [5.74, 6) is 2.70. The van der Waals surface area contributed by atoms with Crippen LogP contribution in [0.5, 0.6) is 0 Å². The van der Waals surface area contributed by atoms with Crippen molar-refractivity contribution in [2.75, 3.05) is 14.1 Å². The molecule has 0 unspecified atom stereocenters. The normalized spacial score (nSPS) is 11.2. The average molecular weight is 218 g/mol. The maximum Gasteiger partial charge on any atom is 0.181 e. The van der Waals surface area contributed by atoms with Gasteiger partial charge in [-0.3, -0.25) is 0 Å². The first kappa shape index (κ1) is 11.0. The molecular formula is C13H16NO2. The summed E-state index contributed by atoms with van der Waals surface area (Å²) in [6.07, 6.45) is 3.73. The van der Waals surface area contributed by atoms with Crippen molar-refractivity contribution in [2.45, 2.75) is 19.9 Å². The van der Waals surface area contributed by atoms with Crippen LogP contribution in [0, 0.1) is 6.26 Å². The molecule has 16 heavy (non-hydrogen) atoms. The number of nitrogens with zero attached hydrogens (tertiary/aromatic N) is 1. The highest BCUT2D eigenvalue weighted by molar-refractivity contribution is 5.55. The van der Waals surface area contributed by atoms with Gasteiger partial charge in [0.1, 0.15) is 17.3 Å². The summed E-state index contributed by atoms with van der Waals surface area (Å²) in [6.45, 7) is 2.86. The van der Waals surface area contributed by atoms with Gasteiger partial charge >= 0.3 is 0 Å². The van der Waals surface area contributed by atoms with E-state index < -0.39 is 0 Å². The lowest BCUT2D eigenvalue weighted by molar-refractivity contribution is 0.353. The first-order valence-electron chi connectivity index (χ1n) is 5.43. The second kappa shape index (κ2) is 4.58. The van der Waals surface area contributed by atoms with Gasteiger partial charge in [0.25, 0.3) is 0 Å². The summed E-state index contributed by atoms with van der Waals surface area (Å²) in [7, 11) is 4.03. The molecule has 3 nitrogen and oxygen atoms in total. The van der Waals surface area contributed by atoms with Crippen LogP contribution in [0.15, 0.2) is 27.0 Å². The number of hydrogen-bond donors (Lipinski definition) is 0. The Bertz CT molecular complexity index is 454. The SMILES string of the molecule is CCc1cc(-c2ccc(CN(C)C)o2)[c]o1. The first-order chi connectivity index (χ1) is 7.69. The van der Waals surface area contributed by atoms with Gasteiger partial charge in [-0.05, 0) is 32.3 Å². The molecule has 0 atom stereocenters. The van der Waals surface area contributed by atoms with Crippen molar-refractivity contribution in [3.63, 3.8) is 0 Å². The summed E-state index contributed by atoms with van der Waals surface area (Å²) in [5.41, 5.74) is 0.891. The fraction of sp³-hybridized carbons (Fsp3) is 0.385. The van der Waals surface area contributed by atoms with E-state index in [0.717, 1.165) is 35.8 Å². The molecule has 0 aliphatic rings. The minimum atomic E-state index is 0.804. The Morgan fingerprint density at radius 2 is 2.06 bits per heavy atom. The molecule has 0 amide bonds. The summed E-state index contributed by atoms with van der Waals surface area (Å²) in [5, 5.41) is 0. The molecule has 0 spiro atoms. The molecule has 0 bridgehead atoms. The highest BCUT2D eigenvalue weighted by Crippen LogP contribution is 2.24. The summed E-state index contributed by atoms with van der Waals surface area (Å²) >= 11 is 0. The smallest absolute Gasteiger partial charge is 0.181 e. The van der Waals surface area contributed by atoms with Crippen LogP contribution < -0.4 is 0 Å². The minimum Gasteiger partial charge on any atom is -0.460 e. The molecule has 2 aromatic heterocycles. The molecular weight excluding hydrogens is 202 g/mol. The van der Waals surface area contributed by atoms with E-state index in [1.807, 2.05) is 32.3 Å². The van der Waals surface area contributed by atoms with Crippen LogP contribution >= 0.6 is 0 Å². The Morgan fingerprint density at radius 3 is 2.69 bits per heavy atom. The maximum absolute atomic E-state index is 5.71. The summed E-state index contributed by atoms with van der Waals surface area (Å²) in [4.78, 5) is 2.07. The van der Waals surface area contributed by atoms with Crippen LogP contribution in [-0.4, -0.2) is 19.0 Å². The largest absolute Gasteiger partial charge is 0.460 e. The Kier molecular flexibility index (Phi) is 3.15. The van der Waals surface area contributed by atoms with Crippen LogP contribution in [-0.2, 0) is 13.0 Å². The van der Waals surface area contributed by atoms with Gasteiger partial charge in [0.15, 0.2) is 6.26 Å². The lowest BCUT2D eigenvalue weighted by Crippen LogP contribution is -2.09. The van der Waals surface area contributed by atoms with Crippen molar-refractivity contribution >= 4 is 0 Å². The monoisotopic (exact) mass is 218 g/mol. The Hall–Kier alpha value is -1.48. The van der Waals surface area contributed by atoms with E-state index in [9.17, 15) is 0 Å². The van der Waals surface area contributed by atoms with E-state index in [1.54, 1.807) is 0 Å². The number of rotatable bonds is 4. The molecule has 0 aliphatic carbocycles. The van der Waals surface area contributed by atoms with Crippen LogP contribution in [0.25, 0.3) is 11.3 Å². The van der Waals surface area contributed by atoms with Gasteiger partial charge in [0.05, 0.1) is 12.1 Å². The van der Waals surface area contributed by atoms with E-state index >= 15 is 0 Å². The molecule has 0 aromatic carbocycles. The van der Waals surface area contributed by atoms with Gasteiger partial charge in [-0.25, -0.2) is 0 Å². The summed E-state index contributed by atoms with van der Waals surface area (Å²) < 4.78 is 11.0. The number of aryl methyl sites for hydroxylation is 1. The Labute approximate surface area is 95.7 Å². The molecule has 85 valence electrons. The van der Waals surface area contributed by atoms with Gasteiger partial charge in [-0.1, -0.05) is 6.92 Å². The fourth-order valence-electron chi connectivity index (χ4n) is 1.56. The predicted molar refractivity (Wildman–Crippen MR) is 62.0 cm³/mol. The topological polar surface area (TPSA) is 29.5 Å². The fourth-order valence-corrected chi connectivity index (χ4v) is 1.56. The molecule has 1 radical (unpaired) electrons. The van der Waals surface area contributed by atoms with Crippen molar-refractivity contribution in [3.05, 3.63) is 36.0 Å². The van der Waals surface area contributed by atoms with E-state index in [4.69, 9.17) is 8.83 Å². The van der Waals surface area contributed by atoms with E-state index in [-0.39, 0.29) is 0 Å². The van der Waals surface area contributed by atoms with Crippen LogP contribution in [0.1, 0.15) is 18.4 Å². The van der Waals surface area contributed by atoms with Gasteiger partial charge in [0.2, 0.25) is 0 Å². The van der Waals surface area contributed by atoms with Crippen LogP contribution in [0.3, 0.4) is 0 Å². The number of hydrogen-bond acceptors (Lipinski definition) is 3. The van der Waals surface area contributed by atoms with Gasteiger partial charge in [0, 0.05) is 6.42 Å². The molecule has 2 heterocycles.